The lowest BCUT2D eigenvalue weighted by Gasteiger charge is -2.28. The summed E-state index contributed by atoms with van der Waals surface area (Å²) in [4.78, 5) is 6.07. The largest absolute Gasteiger partial charge is 0.479 e. The Kier molecular flexibility index (Phi) is 6.04. The molecule has 34 heavy (non-hydrogen) atoms. The summed E-state index contributed by atoms with van der Waals surface area (Å²) in [6, 6.07) is 7.48. The zero-order chi connectivity index (χ0) is 23.7. The van der Waals surface area contributed by atoms with E-state index in [1.165, 1.54) is 0 Å². The molecule has 0 aromatic carbocycles. The summed E-state index contributed by atoms with van der Waals surface area (Å²) >= 11 is 6.41. The van der Waals surface area contributed by atoms with Crippen molar-refractivity contribution in [2.45, 2.75) is 31.9 Å². The average Bonchev–Trinajstić information content (AvgIpc) is 3.45. The van der Waals surface area contributed by atoms with Crippen LogP contribution in [0.1, 0.15) is 36.4 Å². The van der Waals surface area contributed by atoms with Gasteiger partial charge in [0.15, 0.2) is 12.3 Å². The number of aliphatic hydroxyl groups excluding tert-OH is 1. The van der Waals surface area contributed by atoms with E-state index < -0.39 is 6.10 Å². The van der Waals surface area contributed by atoms with Crippen LogP contribution in [0.2, 0.25) is 5.02 Å². The van der Waals surface area contributed by atoms with E-state index >= 15 is 0 Å². The molecule has 5 rings (SSSR count). The van der Waals surface area contributed by atoms with Crippen LogP contribution >= 0.6 is 11.6 Å². The number of hydrogen-bond donors (Lipinski definition) is 1. The van der Waals surface area contributed by atoms with Gasteiger partial charge < -0.3 is 14.7 Å². The molecule has 10 nitrogen and oxygen atoms in total. The number of piperidine rings is 1. The van der Waals surface area contributed by atoms with Crippen molar-refractivity contribution in [1.82, 2.24) is 34.5 Å². The van der Waals surface area contributed by atoms with Gasteiger partial charge in [0, 0.05) is 31.0 Å². The second kappa shape index (κ2) is 9.29. The summed E-state index contributed by atoms with van der Waals surface area (Å²) in [7, 11) is 0. The fourth-order valence-electron chi connectivity index (χ4n) is 4.34. The zero-order valence-electron chi connectivity index (χ0n) is 18.5. The zero-order valence-corrected chi connectivity index (χ0v) is 19.3. The highest BCUT2D eigenvalue weighted by atomic mass is 35.5. The van der Waals surface area contributed by atoms with Gasteiger partial charge >= 0.3 is 0 Å². The minimum Gasteiger partial charge on any atom is -0.479 e. The van der Waals surface area contributed by atoms with Crippen molar-refractivity contribution in [2.24, 2.45) is 0 Å². The summed E-state index contributed by atoms with van der Waals surface area (Å²) in [6.07, 6.45) is 8.25. The van der Waals surface area contributed by atoms with Crippen molar-refractivity contribution >= 4 is 17.1 Å². The Labute approximate surface area is 201 Å². The first-order valence-electron chi connectivity index (χ1n) is 11.0. The Hall–Kier alpha value is -3.68. The second-order valence-electron chi connectivity index (χ2n) is 8.21. The molecule has 5 heterocycles. The average molecular weight is 479 g/mol. The van der Waals surface area contributed by atoms with Crippen LogP contribution in [0.4, 0.5) is 0 Å². The van der Waals surface area contributed by atoms with Gasteiger partial charge in [-0.2, -0.15) is 10.4 Å². The number of nitriles is 1. The van der Waals surface area contributed by atoms with Crippen molar-refractivity contribution in [3.8, 4) is 23.2 Å². The normalized spacial score (nSPS) is 15.4. The molecule has 1 unspecified atom stereocenters. The van der Waals surface area contributed by atoms with Gasteiger partial charge in [-0.25, -0.2) is 9.20 Å². The number of halogens is 1. The highest BCUT2D eigenvalue weighted by Crippen LogP contribution is 2.35. The van der Waals surface area contributed by atoms with Crippen LogP contribution in [0, 0.1) is 18.4 Å². The van der Waals surface area contributed by atoms with E-state index in [-0.39, 0.29) is 12.6 Å². The molecule has 1 N–H and O–H groups in total. The number of pyridine rings is 2. The third-order valence-electron chi connectivity index (χ3n) is 6.14. The van der Waals surface area contributed by atoms with Gasteiger partial charge in [-0.1, -0.05) is 22.9 Å². The predicted molar refractivity (Wildman–Crippen MR) is 124 cm³/mol. The van der Waals surface area contributed by atoms with E-state index in [0.29, 0.717) is 40.8 Å². The molecular formula is C23H23ClN8O2. The molecule has 0 amide bonds. The lowest BCUT2D eigenvalue weighted by Crippen LogP contribution is -2.31. The van der Waals surface area contributed by atoms with Crippen molar-refractivity contribution < 1.29 is 9.84 Å². The van der Waals surface area contributed by atoms with E-state index in [9.17, 15) is 5.11 Å². The van der Waals surface area contributed by atoms with Crippen molar-refractivity contribution in [3.05, 3.63) is 59.3 Å². The van der Waals surface area contributed by atoms with Gasteiger partial charge in [-0.15, -0.1) is 5.10 Å². The molecular weight excluding hydrogens is 456 g/mol. The van der Waals surface area contributed by atoms with Crippen LogP contribution < -0.4 is 4.74 Å². The summed E-state index contributed by atoms with van der Waals surface area (Å²) < 4.78 is 9.78. The third kappa shape index (κ3) is 4.04. The maximum atomic E-state index is 9.98. The Morgan fingerprint density at radius 2 is 2.15 bits per heavy atom. The SMILES string of the molecule is Cc1c(-c2cc(OC(CO)c3ccccn3)c3c(Cl)cnn3c2)nnn1C1CCN(C#N)CC1. The number of nitrogens with zero attached hydrogens (tertiary/aromatic N) is 8. The smallest absolute Gasteiger partial charge is 0.179 e. The first-order valence-corrected chi connectivity index (χ1v) is 11.4. The molecule has 0 bridgehead atoms. The Morgan fingerprint density at radius 1 is 1.32 bits per heavy atom. The quantitative estimate of drug-likeness (QED) is 0.420. The monoisotopic (exact) mass is 478 g/mol. The predicted octanol–water partition coefficient (Wildman–Crippen LogP) is 3.18. The summed E-state index contributed by atoms with van der Waals surface area (Å²) in [6.45, 7) is 3.15. The number of fused-ring (bicyclic) bond motifs is 1. The molecule has 0 spiro atoms. The van der Waals surface area contributed by atoms with Gasteiger partial charge in [0.2, 0.25) is 0 Å². The molecule has 4 aromatic rings. The van der Waals surface area contributed by atoms with E-state index in [1.807, 2.05) is 29.9 Å². The van der Waals surface area contributed by atoms with Crippen molar-refractivity contribution in [2.75, 3.05) is 19.7 Å². The Morgan fingerprint density at radius 3 is 2.85 bits per heavy atom. The Balaban J connectivity index is 1.51. The van der Waals surface area contributed by atoms with Gasteiger partial charge in [0.05, 0.1) is 35.3 Å². The van der Waals surface area contributed by atoms with Gasteiger partial charge in [0.25, 0.3) is 0 Å². The van der Waals surface area contributed by atoms with Gasteiger partial charge in [-0.3, -0.25) is 4.98 Å². The van der Waals surface area contributed by atoms with Crippen LogP contribution in [0.3, 0.4) is 0 Å². The topological polar surface area (TPSA) is 117 Å². The molecule has 0 saturated carbocycles. The van der Waals surface area contributed by atoms with E-state index in [0.717, 1.165) is 24.1 Å². The highest BCUT2D eigenvalue weighted by Gasteiger charge is 2.25. The first kappa shape index (κ1) is 22.1. The van der Waals surface area contributed by atoms with Crippen molar-refractivity contribution in [1.29, 1.82) is 5.26 Å². The van der Waals surface area contributed by atoms with Crippen LogP contribution in [-0.4, -0.2) is 59.3 Å². The van der Waals surface area contributed by atoms with Crippen LogP contribution in [0.5, 0.6) is 5.75 Å². The minimum absolute atomic E-state index is 0.187. The molecule has 0 aliphatic carbocycles. The van der Waals surface area contributed by atoms with E-state index in [2.05, 4.69) is 26.6 Å². The molecule has 1 aliphatic rings. The molecule has 1 aliphatic heterocycles. The molecule has 0 radical (unpaired) electrons. The molecule has 174 valence electrons. The number of aliphatic hydroxyl groups is 1. The molecule has 4 aromatic heterocycles. The number of aromatic nitrogens is 6. The maximum Gasteiger partial charge on any atom is 0.179 e. The third-order valence-corrected chi connectivity index (χ3v) is 6.41. The molecule has 1 atom stereocenters. The van der Waals surface area contributed by atoms with Gasteiger partial charge in [-0.05, 0) is 38.0 Å². The number of hydrogen-bond acceptors (Lipinski definition) is 8. The second-order valence-corrected chi connectivity index (χ2v) is 8.62. The van der Waals surface area contributed by atoms with Crippen LogP contribution in [0.15, 0.2) is 42.9 Å². The number of ether oxygens (including phenoxy) is 1. The first-order chi connectivity index (χ1) is 16.6. The fraction of sp³-hybridized carbons (Fsp3) is 0.348. The molecule has 1 fully saturated rings. The molecule has 11 heteroatoms. The fourth-order valence-corrected chi connectivity index (χ4v) is 4.57. The summed E-state index contributed by atoms with van der Waals surface area (Å²) in [5.41, 5.74) is 3.59. The van der Waals surface area contributed by atoms with Crippen LogP contribution in [-0.2, 0) is 0 Å². The van der Waals surface area contributed by atoms with Crippen LogP contribution in [0.25, 0.3) is 16.8 Å². The summed E-state index contributed by atoms with van der Waals surface area (Å²) in [5, 5.41) is 32.8. The van der Waals surface area contributed by atoms with E-state index in [1.54, 1.807) is 33.9 Å². The lowest BCUT2D eigenvalue weighted by molar-refractivity contribution is 0.114. The highest BCUT2D eigenvalue weighted by molar-refractivity contribution is 6.34. The summed E-state index contributed by atoms with van der Waals surface area (Å²) in [5.74, 6) is 0.459. The standard InChI is InChI=1S/C23H23ClN8O2/c1-15-22(28-29-32(15)17-5-8-30(14-25)9-6-17)16-10-20(23-18(24)11-27-31(23)12-16)34-21(13-33)19-4-2-3-7-26-19/h2-4,7,10-12,17,21,33H,5-6,8-9,13H2,1H3. The Bertz CT molecular complexity index is 1340. The van der Waals surface area contributed by atoms with Gasteiger partial charge in [0.1, 0.15) is 17.0 Å². The van der Waals surface area contributed by atoms with Crippen molar-refractivity contribution in [3.63, 3.8) is 0 Å². The molecule has 1 saturated heterocycles. The van der Waals surface area contributed by atoms with E-state index in [4.69, 9.17) is 21.6 Å². The number of rotatable bonds is 6. The minimum atomic E-state index is -0.673. The number of likely N-dealkylation sites (tertiary alicyclic amines) is 1. The maximum absolute atomic E-state index is 9.98. The lowest BCUT2D eigenvalue weighted by atomic mass is 10.0.